The van der Waals surface area contributed by atoms with Crippen molar-refractivity contribution in [2.75, 3.05) is 7.11 Å². The fourth-order valence-electron chi connectivity index (χ4n) is 1.59. The molecule has 90 valence electrons. The summed E-state index contributed by atoms with van der Waals surface area (Å²) in [5, 5.41) is 8.80. The molecule has 0 bridgehead atoms. The highest BCUT2D eigenvalue weighted by Crippen LogP contribution is 2.22. The average molecular weight is 239 g/mol. The van der Waals surface area contributed by atoms with Gasteiger partial charge in [0.25, 0.3) is 0 Å². The van der Waals surface area contributed by atoms with Gasteiger partial charge in [-0.25, -0.2) is 0 Å². The monoisotopic (exact) mass is 239 g/mol. The fraction of sp³-hybridized carbons (Fsp3) is 0.133. The molecule has 2 rings (SSSR count). The first-order valence-corrected chi connectivity index (χ1v) is 5.58. The summed E-state index contributed by atoms with van der Waals surface area (Å²) in [7, 11) is 1.66. The Balaban J connectivity index is 2.11. The van der Waals surface area contributed by atoms with Crippen LogP contribution in [0.2, 0.25) is 0 Å². The third-order valence-electron chi connectivity index (χ3n) is 2.43. The van der Waals surface area contributed by atoms with Gasteiger partial charge in [0.05, 0.1) is 18.2 Å². The first-order valence-electron chi connectivity index (χ1n) is 5.58. The van der Waals surface area contributed by atoms with E-state index in [1.807, 2.05) is 30.3 Å². The van der Waals surface area contributed by atoms with Crippen molar-refractivity contribution >= 4 is 0 Å². The van der Waals surface area contributed by atoms with E-state index in [1.165, 1.54) is 0 Å². The maximum Gasteiger partial charge on any atom is 0.128 e. The molecule has 0 N–H and O–H groups in total. The molecule has 0 saturated carbocycles. The number of methoxy groups -OCH3 is 1. The topological polar surface area (TPSA) is 42.2 Å². The van der Waals surface area contributed by atoms with Gasteiger partial charge in [0.1, 0.15) is 11.5 Å². The number of hydrogen-bond donors (Lipinski definition) is 0. The Hall–Kier alpha value is -2.31. The van der Waals surface area contributed by atoms with Gasteiger partial charge in [-0.05, 0) is 35.9 Å². The smallest absolute Gasteiger partial charge is 0.128 e. The molecule has 0 unspecified atom stereocenters. The molecule has 18 heavy (non-hydrogen) atoms. The van der Waals surface area contributed by atoms with Crippen molar-refractivity contribution in [3.63, 3.8) is 0 Å². The third kappa shape index (κ3) is 3.09. The van der Waals surface area contributed by atoms with Gasteiger partial charge in [-0.15, -0.1) is 0 Å². The molecule has 2 aromatic carbocycles. The number of hydrogen-bond acceptors (Lipinski definition) is 3. The SMILES string of the molecule is COCc1ccc(Oc2cccc(C#N)c2)cc1. The lowest BCUT2D eigenvalue weighted by Gasteiger charge is -2.06. The van der Waals surface area contributed by atoms with Gasteiger partial charge in [0.15, 0.2) is 0 Å². The molecular formula is C15H13NO2. The Bertz CT molecular complexity index is 555. The zero-order chi connectivity index (χ0) is 12.8. The zero-order valence-corrected chi connectivity index (χ0v) is 10.1. The van der Waals surface area contributed by atoms with E-state index in [9.17, 15) is 0 Å². The molecule has 0 radical (unpaired) electrons. The molecule has 0 spiro atoms. The molecular weight excluding hydrogens is 226 g/mol. The second-order valence-electron chi connectivity index (χ2n) is 3.82. The van der Waals surface area contributed by atoms with Crippen LogP contribution in [-0.4, -0.2) is 7.11 Å². The third-order valence-corrected chi connectivity index (χ3v) is 2.43. The van der Waals surface area contributed by atoms with E-state index in [1.54, 1.807) is 25.3 Å². The van der Waals surface area contributed by atoms with E-state index in [0.29, 0.717) is 17.9 Å². The van der Waals surface area contributed by atoms with Gasteiger partial charge < -0.3 is 9.47 Å². The Labute approximate surface area is 106 Å². The highest BCUT2D eigenvalue weighted by molar-refractivity contribution is 5.39. The summed E-state index contributed by atoms with van der Waals surface area (Å²) in [5.74, 6) is 1.40. The quantitative estimate of drug-likeness (QED) is 0.820. The van der Waals surface area contributed by atoms with E-state index in [0.717, 1.165) is 11.3 Å². The van der Waals surface area contributed by atoms with Crippen LogP contribution in [0.25, 0.3) is 0 Å². The van der Waals surface area contributed by atoms with Crippen molar-refractivity contribution in [1.82, 2.24) is 0 Å². The number of rotatable bonds is 4. The van der Waals surface area contributed by atoms with Crippen molar-refractivity contribution in [1.29, 1.82) is 5.26 Å². The average Bonchev–Trinajstić information content (AvgIpc) is 2.42. The van der Waals surface area contributed by atoms with Crippen LogP contribution in [0, 0.1) is 11.3 Å². The molecule has 0 aliphatic rings. The molecule has 2 aromatic rings. The van der Waals surface area contributed by atoms with Crippen molar-refractivity contribution in [3.8, 4) is 17.6 Å². The van der Waals surface area contributed by atoms with Gasteiger partial charge in [-0.3, -0.25) is 0 Å². The van der Waals surface area contributed by atoms with Crippen molar-refractivity contribution in [2.45, 2.75) is 6.61 Å². The number of ether oxygens (including phenoxy) is 2. The summed E-state index contributed by atoms with van der Waals surface area (Å²) in [5.41, 5.74) is 1.68. The minimum absolute atomic E-state index is 0.587. The molecule has 3 heteroatoms. The fourth-order valence-corrected chi connectivity index (χ4v) is 1.59. The van der Waals surface area contributed by atoms with Crippen LogP contribution in [0.4, 0.5) is 0 Å². The molecule has 0 amide bonds. The van der Waals surface area contributed by atoms with Gasteiger partial charge >= 0.3 is 0 Å². The number of nitriles is 1. The summed E-state index contributed by atoms with van der Waals surface area (Å²) in [6.45, 7) is 0.587. The molecule has 3 nitrogen and oxygen atoms in total. The maximum atomic E-state index is 8.80. The van der Waals surface area contributed by atoms with E-state index >= 15 is 0 Å². The largest absolute Gasteiger partial charge is 0.457 e. The van der Waals surface area contributed by atoms with Gasteiger partial charge in [-0.2, -0.15) is 5.26 Å². The Morgan fingerprint density at radius 3 is 2.50 bits per heavy atom. The lowest BCUT2D eigenvalue weighted by molar-refractivity contribution is 0.185. The van der Waals surface area contributed by atoms with Crippen LogP contribution >= 0.6 is 0 Å². The van der Waals surface area contributed by atoms with Crippen LogP contribution in [0.5, 0.6) is 11.5 Å². The summed E-state index contributed by atoms with van der Waals surface area (Å²) in [6.07, 6.45) is 0. The van der Waals surface area contributed by atoms with Gasteiger partial charge in [0, 0.05) is 7.11 Å². The molecule has 0 aliphatic carbocycles. The van der Waals surface area contributed by atoms with E-state index < -0.39 is 0 Å². The first-order chi connectivity index (χ1) is 8.81. The van der Waals surface area contributed by atoms with Gasteiger partial charge in [0.2, 0.25) is 0 Å². The molecule has 0 atom stereocenters. The predicted molar refractivity (Wildman–Crippen MR) is 68.4 cm³/mol. The highest BCUT2D eigenvalue weighted by atomic mass is 16.5. The molecule has 0 saturated heterocycles. The van der Waals surface area contributed by atoms with Gasteiger partial charge in [-0.1, -0.05) is 18.2 Å². The Kier molecular flexibility index (Phi) is 3.95. The predicted octanol–water partition coefficient (Wildman–Crippen LogP) is 3.50. The maximum absolute atomic E-state index is 8.80. The van der Waals surface area contributed by atoms with E-state index in [2.05, 4.69) is 6.07 Å². The first kappa shape index (κ1) is 12.2. The Morgan fingerprint density at radius 1 is 1.06 bits per heavy atom. The number of benzene rings is 2. The van der Waals surface area contributed by atoms with Crippen molar-refractivity contribution in [2.24, 2.45) is 0 Å². The summed E-state index contributed by atoms with van der Waals surface area (Å²) >= 11 is 0. The minimum Gasteiger partial charge on any atom is -0.457 e. The highest BCUT2D eigenvalue weighted by Gasteiger charge is 1.99. The normalized spacial score (nSPS) is 9.78. The van der Waals surface area contributed by atoms with Crippen LogP contribution < -0.4 is 4.74 Å². The van der Waals surface area contributed by atoms with Crippen LogP contribution in [-0.2, 0) is 11.3 Å². The van der Waals surface area contributed by atoms with Crippen molar-refractivity contribution in [3.05, 3.63) is 59.7 Å². The lowest BCUT2D eigenvalue weighted by atomic mass is 10.2. The van der Waals surface area contributed by atoms with Crippen molar-refractivity contribution < 1.29 is 9.47 Å². The minimum atomic E-state index is 0.587. The van der Waals surface area contributed by atoms with Crippen LogP contribution in [0.3, 0.4) is 0 Å². The summed E-state index contributed by atoms with van der Waals surface area (Å²) in [6, 6.07) is 16.8. The zero-order valence-electron chi connectivity index (χ0n) is 10.1. The standard InChI is InChI=1S/C15H13NO2/c1-17-11-12-5-7-14(8-6-12)18-15-4-2-3-13(9-15)10-16/h2-9H,11H2,1H3. The molecule has 0 heterocycles. The number of nitrogens with zero attached hydrogens (tertiary/aromatic N) is 1. The Morgan fingerprint density at radius 2 is 1.83 bits per heavy atom. The second-order valence-corrected chi connectivity index (χ2v) is 3.82. The molecule has 0 aromatic heterocycles. The summed E-state index contributed by atoms with van der Waals surface area (Å²) in [4.78, 5) is 0. The van der Waals surface area contributed by atoms with Crippen LogP contribution in [0.1, 0.15) is 11.1 Å². The van der Waals surface area contributed by atoms with Crippen LogP contribution in [0.15, 0.2) is 48.5 Å². The van der Waals surface area contributed by atoms with E-state index in [-0.39, 0.29) is 0 Å². The lowest BCUT2D eigenvalue weighted by Crippen LogP contribution is -1.88. The second kappa shape index (κ2) is 5.85. The van der Waals surface area contributed by atoms with E-state index in [4.69, 9.17) is 14.7 Å². The molecule has 0 aliphatic heterocycles. The summed E-state index contributed by atoms with van der Waals surface area (Å²) < 4.78 is 10.7. The molecule has 0 fully saturated rings.